The lowest BCUT2D eigenvalue weighted by Gasteiger charge is -2.05. The molecular weight excluding hydrogens is 292 g/mol. The number of para-hydroxylation sites is 1. The van der Waals surface area contributed by atoms with Crippen molar-refractivity contribution in [3.8, 4) is 0 Å². The van der Waals surface area contributed by atoms with Crippen LogP contribution in [0.25, 0.3) is 49.6 Å². The van der Waals surface area contributed by atoms with Crippen molar-refractivity contribution in [2.75, 3.05) is 0 Å². The van der Waals surface area contributed by atoms with E-state index in [0.717, 1.165) is 12.8 Å². The fraction of sp³-hybridized carbons (Fsp3) is 0.0909. The number of aromatic nitrogens is 2. The van der Waals surface area contributed by atoms with Crippen LogP contribution in [0.1, 0.15) is 17.7 Å². The van der Waals surface area contributed by atoms with Gasteiger partial charge in [-0.1, -0.05) is 48.5 Å². The second-order valence-corrected chi connectivity index (χ2v) is 6.70. The van der Waals surface area contributed by atoms with Gasteiger partial charge in [0.1, 0.15) is 0 Å². The fourth-order valence-electron chi connectivity index (χ4n) is 4.31. The lowest BCUT2D eigenvalue weighted by atomic mass is 9.98. The Hall–Kier alpha value is -3.00. The summed E-state index contributed by atoms with van der Waals surface area (Å²) in [6, 6.07) is 17.6. The highest BCUT2D eigenvalue weighted by molar-refractivity contribution is 6.24. The van der Waals surface area contributed by atoms with Gasteiger partial charge in [0.05, 0.1) is 11.0 Å². The highest BCUT2D eigenvalue weighted by Gasteiger charge is 2.16. The number of hydrogen-bond acceptors (Lipinski definition) is 0. The minimum atomic E-state index is 1.13. The van der Waals surface area contributed by atoms with Crippen molar-refractivity contribution in [2.45, 2.75) is 12.8 Å². The largest absolute Gasteiger partial charge is 0.354 e. The molecule has 0 bridgehead atoms. The average molecular weight is 308 g/mol. The summed E-state index contributed by atoms with van der Waals surface area (Å²) in [5, 5.41) is 6.55. The van der Waals surface area contributed by atoms with Crippen molar-refractivity contribution in [1.29, 1.82) is 0 Å². The summed E-state index contributed by atoms with van der Waals surface area (Å²) in [4.78, 5) is 7.34. The van der Waals surface area contributed by atoms with Gasteiger partial charge in [-0.2, -0.15) is 0 Å². The normalized spacial score (nSPS) is 14.2. The van der Waals surface area contributed by atoms with E-state index in [0.29, 0.717) is 0 Å². The quantitative estimate of drug-likeness (QED) is 0.356. The first kappa shape index (κ1) is 12.4. The Morgan fingerprint density at radius 3 is 2.54 bits per heavy atom. The molecule has 0 atom stereocenters. The Morgan fingerprint density at radius 1 is 0.750 bits per heavy atom. The Kier molecular flexibility index (Phi) is 2.22. The Balaban J connectivity index is 1.88. The van der Waals surface area contributed by atoms with E-state index in [4.69, 9.17) is 0 Å². The number of nitrogens with one attached hydrogen (secondary N) is 2. The minimum Gasteiger partial charge on any atom is -0.354 e. The first-order chi connectivity index (χ1) is 11.9. The van der Waals surface area contributed by atoms with Crippen LogP contribution in [0.15, 0.2) is 54.6 Å². The van der Waals surface area contributed by atoms with Gasteiger partial charge in [0.15, 0.2) is 0 Å². The lowest BCUT2D eigenvalue weighted by molar-refractivity contribution is 0.992. The predicted octanol–water partition coefficient (Wildman–Crippen LogP) is 5.92. The molecule has 24 heavy (non-hydrogen) atoms. The van der Waals surface area contributed by atoms with Crippen LogP contribution in [-0.4, -0.2) is 9.97 Å². The zero-order chi connectivity index (χ0) is 15.7. The molecule has 0 spiro atoms. The summed E-state index contributed by atoms with van der Waals surface area (Å²) in [5.41, 5.74) is 6.44. The average Bonchev–Trinajstić information content (AvgIpc) is 3.19. The molecule has 0 amide bonds. The van der Waals surface area contributed by atoms with Crippen molar-refractivity contribution in [1.82, 2.24) is 9.97 Å². The van der Waals surface area contributed by atoms with Gasteiger partial charge in [0.25, 0.3) is 0 Å². The van der Waals surface area contributed by atoms with Gasteiger partial charge in [-0.15, -0.1) is 0 Å². The van der Waals surface area contributed by atoms with Crippen LogP contribution >= 0.6 is 0 Å². The SMILES string of the molecule is C1=Cc2[nH]c3c(ccc4ccc5c6ccccc6[nH]c5c43)c2CC1. The molecule has 2 N–H and O–H groups in total. The molecule has 0 fully saturated rings. The molecule has 1 aliphatic rings. The molecule has 0 saturated heterocycles. The zero-order valence-corrected chi connectivity index (χ0v) is 13.2. The topological polar surface area (TPSA) is 31.6 Å². The Bertz CT molecular complexity index is 1300. The predicted molar refractivity (Wildman–Crippen MR) is 103 cm³/mol. The number of rotatable bonds is 0. The molecular formula is C22H16N2. The molecule has 0 aliphatic heterocycles. The zero-order valence-electron chi connectivity index (χ0n) is 13.2. The van der Waals surface area contributed by atoms with Gasteiger partial charge < -0.3 is 9.97 Å². The molecule has 2 heteroatoms. The second-order valence-electron chi connectivity index (χ2n) is 6.70. The second kappa shape index (κ2) is 4.30. The summed E-state index contributed by atoms with van der Waals surface area (Å²) in [6.07, 6.45) is 6.75. The highest BCUT2D eigenvalue weighted by atomic mass is 14.7. The number of aromatic amines is 2. The summed E-state index contributed by atoms with van der Waals surface area (Å²) in [6.45, 7) is 0. The summed E-state index contributed by atoms with van der Waals surface area (Å²) < 4.78 is 0. The summed E-state index contributed by atoms with van der Waals surface area (Å²) >= 11 is 0. The molecule has 114 valence electrons. The molecule has 5 aromatic rings. The van der Waals surface area contributed by atoms with E-state index in [-0.39, 0.29) is 0 Å². The van der Waals surface area contributed by atoms with Gasteiger partial charge >= 0.3 is 0 Å². The first-order valence-electron chi connectivity index (χ1n) is 8.53. The smallest absolute Gasteiger partial charge is 0.0565 e. The molecule has 0 unspecified atom stereocenters. The lowest BCUT2D eigenvalue weighted by Crippen LogP contribution is -1.89. The van der Waals surface area contributed by atoms with Crippen LogP contribution in [0, 0.1) is 0 Å². The third-order valence-corrected chi connectivity index (χ3v) is 5.42. The molecule has 2 aromatic heterocycles. The Morgan fingerprint density at radius 2 is 1.58 bits per heavy atom. The van der Waals surface area contributed by atoms with Gasteiger partial charge in [-0.05, 0) is 35.9 Å². The van der Waals surface area contributed by atoms with E-state index < -0.39 is 0 Å². The molecule has 1 aliphatic carbocycles. The number of aryl methyl sites for hydroxylation is 1. The molecule has 2 nitrogen and oxygen atoms in total. The molecule has 0 radical (unpaired) electrons. The van der Waals surface area contributed by atoms with Crippen molar-refractivity contribution >= 4 is 49.6 Å². The summed E-state index contributed by atoms with van der Waals surface area (Å²) in [7, 11) is 0. The fourth-order valence-corrected chi connectivity index (χ4v) is 4.31. The number of fused-ring (bicyclic) bond motifs is 9. The van der Waals surface area contributed by atoms with E-state index >= 15 is 0 Å². The molecule has 0 saturated carbocycles. The van der Waals surface area contributed by atoms with Gasteiger partial charge in [0.2, 0.25) is 0 Å². The maximum absolute atomic E-state index is 3.69. The van der Waals surface area contributed by atoms with Crippen molar-refractivity contribution in [3.05, 3.63) is 65.9 Å². The van der Waals surface area contributed by atoms with Gasteiger partial charge in [0, 0.05) is 32.8 Å². The van der Waals surface area contributed by atoms with E-state index in [1.54, 1.807) is 0 Å². The van der Waals surface area contributed by atoms with Crippen LogP contribution < -0.4 is 0 Å². The van der Waals surface area contributed by atoms with Crippen LogP contribution in [-0.2, 0) is 6.42 Å². The van der Waals surface area contributed by atoms with Crippen molar-refractivity contribution < 1.29 is 0 Å². The van der Waals surface area contributed by atoms with Crippen LogP contribution in [0.2, 0.25) is 0 Å². The third-order valence-electron chi connectivity index (χ3n) is 5.42. The first-order valence-corrected chi connectivity index (χ1v) is 8.53. The van der Waals surface area contributed by atoms with Crippen molar-refractivity contribution in [2.24, 2.45) is 0 Å². The van der Waals surface area contributed by atoms with Gasteiger partial charge in [-0.25, -0.2) is 0 Å². The number of allylic oxidation sites excluding steroid dienone is 1. The number of H-pyrrole nitrogens is 2. The van der Waals surface area contributed by atoms with E-state index in [1.165, 1.54) is 54.7 Å². The van der Waals surface area contributed by atoms with Gasteiger partial charge in [-0.3, -0.25) is 0 Å². The van der Waals surface area contributed by atoms with E-state index in [1.807, 2.05) is 0 Å². The molecule has 2 heterocycles. The standard InChI is InChI=1S/C22H16N2/c1-3-7-18-14(5-1)16-11-9-13-10-12-17-15-6-2-4-8-19(15)24-22(17)20(13)21(16)23-18/h1,3-5,7-12,23-24H,2,6H2. The maximum Gasteiger partial charge on any atom is 0.0565 e. The van der Waals surface area contributed by atoms with Crippen LogP contribution in [0.3, 0.4) is 0 Å². The van der Waals surface area contributed by atoms with E-state index in [9.17, 15) is 0 Å². The maximum atomic E-state index is 3.69. The van der Waals surface area contributed by atoms with E-state index in [2.05, 4.69) is 70.7 Å². The monoisotopic (exact) mass is 308 g/mol. The summed E-state index contributed by atoms with van der Waals surface area (Å²) in [5.74, 6) is 0. The van der Waals surface area contributed by atoms with Crippen molar-refractivity contribution in [3.63, 3.8) is 0 Å². The minimum absolute atomic E-state index is 1.13. The molecule has 6 rings (SSSR count). The molecule has 3 aromatic carbocycles. The number of benzene rings is 3. The highest BCUT2D eigenvalue weighted by Crippen LogP contribution is 2.37. The van der Waals surface area contributed by atoms with Crippen LogP contribution in [0.5, 0.6) is 0 Å². The van der Waals surface area contributed by atoms with Crippen LogP contribution in [0.4, 0.5) is 0 Å². The third kappa shape index (κ3) is 1.46. The Labute approximate surface area is 138 Å². The number of hydrogen-bond donors (Lipinski definition) is 2.